The summed E-state index contributed by atoms with van der Waals surface area (Å²) in [6, 6.07) is 19.7. The normalized spacial score (nSPS) is 26.0. The summed E-state index contributed by atoms with van der Waals surface area (Å²) >= 11 is 1.23. The van der Waals surface area contributed by atoms with Crippen LogP contribution in [0.4, 0.5) is 0 Å². The molecular weight excluding hydrogens is 306 g/mol. The maximum atomic E-state index is 12.4. The van der Waals surface area contributed by atoms with Gasteiger partial charge in [-0.3, -0.25) is 9.59 Å². The summed E-state index contributed by atoms with van der Waals surface area (Å²) < 4.78 is 0. The highest BCUT2D eigenvalue weighted by atomic mass is 32.2. The third-order valence-corrected chi connectivity index (χ3v) is 5.88. The molecule has 1 amide bonds. The Morgan fingerprint density at radius 3 is 1.78 bits per heavy atom. The average Bonchev–Trinajstić information content (AvgIpc) is 3.09. The van der Waals surface area contributed by atoms with Crippen molar-refractivity contribution in [2.75, 3.05) is 0 Å². The van der Waals surface area contributed by atoms with E-state index in [0.717, 1.165) is 11.1 Å². The molecule has 3 rings (SSSR count). The first kappa shape index (κ1) is 15.8. The maximum Gasteiger partial charge on any atom is 0.221 e. The van der Waals surface area contributed by atoms with Gasteiger partial charge in [0.1, 0.15) is 10.4 Å². The SMILES string of the molecule is CC(=O)SC1(c2ccccc2)N(C(C)=O)C1(C)c1ccccc1. The van der Waals surface area contributed by atoms with Gasteiger partial charge in [0.15, 0.2) is 5.12 Å². The van der Waals surface area contributed by atoms with Crippen LogP contribution in [0.1, 0.15) is 31.9 Å². The van der Waals surface area contributed by atoms with Crippen molar-refractivity contribution in [1.29, 1.82) is 0 Å². The minimum atomic E-state index is -0.687. The molecule has 1 aliphatic rings. The Morgan fingerprint density at radius 1 is 0.870 bits per heavy atom. The summed E-state index contributed by atoms with van der Waals surface area (Å²) in [6.07, 6.45) is 0. The fourth-order valence-corrected chi connectivity index (χ4v) is 4.99. The fourth-order valence-electron chi connectivity index (χ4n) is 3.56. The van der Waals surface area contributed by atoms with Crippen LogP contribution in [-0.4, -0.2) is 15.9 Å². The number of carbonyl (C=O) groups excluding carboxylic acids is 2. The largest absolute Gasteiger partial charge is 0.308 e. The van der Waals surface area contributed by atoms with E-state index in [9.17, 15) is 9.59 Å². The van der Waals surface area contributed by atoms with Crippen LogP contribution in [0.5, 0.6) is 0 Å². The van der Waals surface area contributed by atoms with Gasteiger partial charge in [-0.05, 0) is 18.1 Å². The molecule has 3 nitrogen and oxygen atoms in total. The van der Waals surface area contributed by atoms with Crippen molar-refractivity contribution in [2.24, 2.45) is 0 Å². The van der Waals surface area contributed by atoms with Gasteiger partial charge in [0, 0.05) is 13.8 Å². The lowest BCUT2D eigenvalue weighted by molar-refractivity contribution is -0.125. The Morgan fingerprint density at radius 2 is 1.35 bits per heavy atom. The van der Waals surface area contributed by atoms with Crippen molar-refractivity contribution in [3.63, 3.8) is 0 Å². The van der Waals surface area contributed by atoms with Gasteiger partial charge in [0.05, 0.1) is 0 Å². The predicted molar refractivity (Wildman–Crippen MR) is 92.7 cm³/mol. The summed E-state index contributed by atoms with van der Waals surface area (Å²) in [4.78, 5) is 25.5. The second-order valence-corrected chi connectivity index (χ2v) is 7.27. The molecule has 0 bridgehead atoms. The van der Waals surface area contributed by atoms with Crippen molar-refractivity contribution >= 4 is 22.8 Å². The Labute approximate surface area is 140 Å². The highest BCUT2D eigenvalue weighted by Gasteiger charge is 2.76. The van der Waals surface area contributed by atoms with Crippen molar-refractivity contribution in [1.82, 2.24) is 4.90 Å². The van der Waals surface area contributed by atoms with Crippen LogP contribution >= 0.6 is 11.8 Å². The molecule has 0 aliphatic carbocycles. The molecule has 1 saturated heterocycles. The molecule has 2 aromatic carbocycles. The van der Waals surface area contributed by atoms with Crippen molar-refractivity contribution in [2.45, 2.75) is 31.2 Å². The zero-order valence-corrected chi connectivity index (χ0v) is 14.3. The topological polar surface area (TPSA) is 37.1 Å². The van der Waals surface area contributed by atoms with Crippen molar-refractivity contribution in [3.05, 3.63) is 71.8 Å². The Kier molecular flexibility index (Phi) is 3.80. The lowest BCUT2D eigenvalue weighted by atomic mass is 9.93. The van der Waals surface area contributed by atoms with Crippen molar-refractivity contribution < 1.29 is 9.59 Å². The molecule has 2 atom stereocenters. The van der Waals surface area contributed by atoms with Crippen LogP contribution in [0, 0.1) is 0 Å². The number of hydrogen-bond acceptors (Lipinski definition) is 3. The van der Waals surface area contributed by atoms with Crippen LogP contribution in [0.25, 0.3) is 0 Å². The van der Waals surface area contributed by atoms with Crippen LogP contribution < -0.4 is 0 Å². The lowest BCUT2D eigenvalue weighted by Crippen LogP contribution is -2.18. The van der Waals surface area contributed by atoms with E-state index in [1.807, 2.05) is 72.5 Å². The molecule has 1 fully saturated rings. The number of nitrogens with zero attached hydrogens (tertiary/aromatic N) is 1. The van der Waals surface area contributed by atoms with Gasteiger partial charge in [0.2, 0.25) is 5.91 Å². The molecule has 0 spiro atoms. The summed E-state index contributed by atoms with van der Waals surface area (Å²) in [5.41, 5.74) is 1.46. The maximum absolute atomic E-state index is 12.4. The van der Waals surface area contributed by atoms with E-state index in [0.29, 0.717) is 0 Å². The lowest BCUT2D eigenvalue weighted by Gasteiger charge is -2.18. The number of rotatable bonds is 3. The second kappa shape index (κ2) is 5.53. The zero-order chi connectivity index (χ0) is 16.7. The molecule has 118 valence electrons. The van der Waals surface area contributed by atoms with Gasteiger partial charge in [-0.15, -0.1) is 0 Å². The number of carbonyl (C=O) groups is 2. The average molecular weight is 325 g/mol. The fraction of sp³-hybridized carbons (Fsp3) is 0.263. The van der Waals surface area contributed by atoms with Gasteiger partial charge in [0.25, 0.3) is 0 Å². The molecule has 1 aliphatic heterocycles. The first-order chi connectivity index (χ1) is 10.9. The summed E-state index contributed by atoms with van der Waals surface area (Å²) in [6.45, 7) is 5.15. The van der Waals surface area contributed by atoms with E-state index in [2.05, 4.69) is 0 Å². The highest BCUT2D eigenvalue weighted by Crippen LogP contribution is 2.70. The highest BCUT2D eigenvalue weighted by molar-refractivity contribution is 8.14. The van der Waals surface area contributed by atoms with Crippen LogP contribution in [-0.2, 0) is 20.0 Å². The quantitative estimate of drug-likeness (QED) is 0.803. The minimum absolute atomic E-state index is 0.000223. The third kappa shape index (κ3) is 2.20. The van der Waals surface area contributed by atoms with E-state index < -0.39 is 10.4 Å². The molecule has 23 heavy (non-hydrogen) atoms. The Hall–Kier alpha value is -2.07. The summed E-state index contributed by atoms with van der Waals surface area (Å²) in [5.74, 6) is -0.0334. The third-order valence-electron chi connectivity index (χ3n) is 4.48. The van der Waals surface area contributed by atoms with E-state index in [4.69, 9.17) is 0 Å². The van der Waals surface area contributed by atoms with Crippen molar-refractivity contribution in [3.8, 4) is 0 Å². The van der Waals surface area contributed by atoms with Gasteiger partial charge in [-0.1, -0.05) is 72.4 Å². The van der Waals surface area contributed by atoms with E-state index in [-0.39, 0.29) is 11.0 Å². The molecule has 2 unspecified atom stereocenters. The number of hydrogen-bond donors (Lipinski definition) is 0. The summed E-state index contributed by atoms with van der Waals surface area (Å²) in [7, 11) is 0. The molecule has 1 heterocycles. The van der Waals surface area contributed by atoms with Gasteiger partial charge in [-0.2, -0.15) is 0 Å². The van der Waals surface area contributed by atoms with Gasteiger partial charge >= 0.3 is 0 Å². The first-order valence-corrected chi connectivity index (χ1v) is 8.38. The van der Waals surface area contributed by atoms with Gasteiger partial charge in [-0.25, -0.2) is 0 Å². The Bertz CT molecular complexity index is 746. The van der Waals surface area contributed by atoms with Crippen LogP contribution in [0.2, 0.25) is 0 Å². The zero-order valence-electron chi connectivity index (χ0n) is 13.4. The number of amides is 1. The monoisotopic (exact) mass is 325 g/mol. The van der Waals surface area contributed by atoms with Crippen LogP contribution in [0.3, 0.4) is 0 Å². The molecule has 0 N–H and O–H groups in total. The first-order valence-electron chi connectivity index (χ1n) is 7.56. The molecule has 0 radical (unpaired) electrons. The van der Waals surface area contributed by atoms with Gasteiger partial charge < -0.3 is 4.90 Å². The second-order valence-electron chi connectivity index (χ2n) is 5.90. The number of thioether (sulfide) groups is 1. The molecule has 0 saturated carbocycles. The predicted octanol–water partition coefficient (Wildman–Crippen LogP) is 3.90. The molecule has 0 aromatic heterocycles. The Balaban J connectivity index is 2.22. The smallest absolute Gasteiger partial charge is 0.221 e. The van der Waals surface area contributed by atoms with E-state index in [1.165, 1.54) is 11.8 Å². The van der Waals surface area contributed by atoms with E-state index >= 15 is 0 Å². The number of benzene rings is 2. The molecule has 4 heteroatoms. The molecular formula is C19H19NO2S. The summed E-state index contributed by atoms with van der Waals surface area (Å²) in [5, 5.41) is -0.000223. The molecule has 2 aromatic rings. The van der Waals surface area contributed by atoms with E-state index in [1.54, 1.807) is 13.8 Å². The standard InChI is InChI=1S/C19H19NO2S/c1-14(21)20-18(3,16-10-6-4-7-11-16)19(20,23-15(2)22)17-12-8-5-9-13-17/h4-13H,1-3H3. The van der Waals surface area contributed by atoms with Crippen LogP contribution in [0.15, 0.2) is 60.7 Å². The minimum Gasteiger partial charge on any atom is -0.308 e.